The molecule has 0 unspecified atom stereocenters. The second kappa shape index (κ2) is 7.15. The molecular weight excluding hydrogens is 292 g/mol. The van der Waals surface area contributed by atoms with Crippen LogP contribution < -0.4 is 10.3 Å². The molecule has 0 amide bonds. The van der Waals surface area contributed by atoms with Gasteiger partial charge in [-0.05, 0) is 26.0 Å². The molecule has 0 bridgehead atoms. The van der Waals surface area contributed by atoms with Crippen LogP contribution in [0.3, 0.4) is 0 Å². The highest BCUT2D eigenvalue weighted by atomic mass is 16.5. The highest BCUT2D eigenvalue weighted by Gasteiger charge is 2.14. The van der Waals surface area contributed by atoms with Gasteiger partial charge < -0.3 is 9.64 Å². The molecule has 23 heavy (non-hydrogen) atoms. The Morgan fingerprint density at radius 1 is 1.22 bits per heavy atom. The second-order valence-electron chi connectivity index (χ2n) is 5.34. The van der Waals surface area contributed by atoms with E-state index in [2.05, 4.69) is 30.4 Å². The zero-order chi connectivity index (χ0) is 16.1. The molecule has 1 N–H and O–H groups in total. The van der Waals surface area contributed by atoms with Gasteiger partial charge in [-0.3, -0.25) is 10.4 Å². The Labute approximate surface area is 135 Å². The van der Waals surface area contributed by atoms with Crippen molar-refractivity contribution in [3.05, 3.63) is 41.9 Å². The molecule has 1 saturated heterocycles. The van der Waals surface area contributed by atoms with E-state index in [0.29, 0.717) is 25.0 Å². The van der Waals surface area contributed by atoms with Crippen molar-refractivity contribution in [3.63, 3.8) is 0 Å². The lowest BCUT2D eigenvalue weighted by atomic mass is 10.2. The molecule has 3 rings (SSSR count). The van der Waals surface area contributed by atoms with E-state index < -0.39 is 0 Å². The van der Waals surface area contributed by atoms with Gasteiger partial charge in [-0.1, -0.05) is 0 Å². The molecule has 0 atom stereocenters. The molecule has 0 radical (unpaired) electrons. The van der Waals surface area contributed by atoms with Gasteiger partial charge >= 0.3 is 0 Å². The molecule has 0 spiro atoms. The van der Waals surface area contributed by atoms with Crippen molar-refractivity contribution in [3.8, 4) is 0 Å². The highest BCUT2D eigenvalue weighted by Crippen LogP contribution is 2.15. The average molecular weight is 312 g/mol. The summed E-state index contributed by atoms with van der Waals surface area (Å²) in [6.45, 7) is 6.93. The predicted molar refractivity (Wildman–Crippen MR) is 89.9 cm³/mol. The van der Waals surface area contributed by atoms with Crippen molar-refractivity contribution in [2.45, 2.75) is 13.8 Å². The van der Waals surface area contributed by atoms with Crippen LogP contribution in [0.5, 0.6) is 0 Å². The SMILES string of the molecule is C/C(=N\Nc1cc(C)nc(N2CCOCC2)n1)c1ccncc1. The maximum absolute atomic E-state index is 5.37. The average Bonchev–Trinajstić information content (AvgIpc) is 2.61. The zero-order valence-corrected chi connectivity index (χ0v) is 13.4. The number of morpholine rings is 1. The number of pyridine rings is 1. The van der Waals surface area contributed by atoms with Crippen LogP contribution in [0.25, 0.3) is 0 Å². The third-order valence-corrected chi connectivity index (χ3v) is 3.57. The van der Waals surface area contributed by atoms with Gasteiger partial charge in [0.15, 0.2) is 5.82 Å². The topological polar surface area (TPSA) is 75.5 Å². The highest BCUT2D eigenvalue weighted by molar-refractivity contribution is 5.98. The van der Waals surface area contributed by atoms with Crippen LogP contribution in [0.1, 0.15) is 18.2 Å². The molecule has 0 aliphatic carbocycles. The van der Waals surface area contributed by atoms with Gasteiger partial charge in [0.1, 0.15) is 0 Å². The minimum atomic E-state index is 0.687. The third-order valence-electron chi connectivity index (χ3n) is 3.57. The second-order valence-corrected chi connectivity index (χ2v) is 5.34. The van der Waals surface area contributed by atoms with Crippen LogP contribution in [0.2, 0.25) is 0 Å². The molecule has 1 aliphatic heterocycles. The number of nitrogens with one attached hydrogen (secondary N) is 1. The Morgan fingerprint density at radius 3 is 2.70 bits per heavy atom. The predicted octanol–water partition coefficient (Wildman–Crippen LogP) is 1.85. The summed E-state index contributed by atoms with van der Waals surface area (Å²) in [5.74, 6) is 1.40. The van der Waals surface area contributed by atoms with Gasteiger partial charge in [0.05, 0.1) is 18.9 Å². The number of hydrogen-bond donors (Lipinski definition) is 1. The maximum atomic E-state index is 5.37. The van der Waals surface area contributed by atoms with E-state index in [0.717, 1.165) is 30.1 Å². The van der Waals surface area contributed by atoms with Crippen molar-refractivity contribution in [2.75, 3.05) is 36.6 Å². The number of aryl methyl sites for hydroxylation is 1. The Balaban J connectivity index is 1.76. The number of hydrazone groups is 1. The first-order valence-electron chi connectivity index (χ1n) is 7.61. The summed E-state index contributed by atoms with van der Waals surface area (Å²) in [6, 6.07) is 5.73. The first kappa shape index (κ1) is 15.4. The molecule has 7 nitrogen and oxygen atoms in total. The summed E-state index contributed by atoms with van der Waals surface area (Å²) in [4.78, 5) is 15.2. The number of hydrogen-bond acceptors (Lipinski definition) is 7. The van der Waals surface area contributed by atoms with E-state index in [9.17, 15) is 0 Å². The molecule has 2 aromatic heterocycles. The summed E-state index contributed by atoms with van der Waals surface area (Å²) in [5, 5.41) is 4.40. The lowest BCUT2D eigenvalue weighted by Gasteiger charge is -2.27. The largest absolute Gasteiger partial charge is 0.378 e. The monoisotopic (exact) mass is 312 g/mol. The van der Waals surface area contributed by atoms with Crippen molar-refractivity contribution in [2.24, 2.45) is 5.10 Å². The summed E-state index contributed by atoms with van der Waals surface area (Å²) in [6.07, 6.45) is 3.50. The fraction of sp³-hybridized carbons (Fsp3) is 0.375. The van der Waals surface area contributed by atoms with Gasteiger partial charge in [0, 0.05) is 42.8 Å². The van der Waals surface area contributed by atoms with Crippen LogP contribution in [-0.2, 0) is 4.74 Å². The van der Waals surface area contributed by atoms with E-state index in [1.165, 1.54) is 0 Å². The molecule has 120 valence electrons. The van der Waals surface area contributed by atoms with Crippen molar-refractivity contribution in [1.82, 2.24) is 15.0 Å². The van der Waals surface area contributed by atoms with Crippen molar-refractivity contribution >= 4 is 17.5 Å². The lowest BCUT2D eigenvalue weighted by molar-refractivity contribution is 0.122. The lowest BCUT2D eigenvalue weighted by Crippen LogP contribution is -2.37. The molecule has 1 aliphatic rings. The van der Waals surface area contributed by atoms with E-state index in [4.69, 9.17) is 4.74 Å². The third kappa shape index (κ3) is 4.01. The van der Waals surface area contributed by atoms with Crippen LogP contribution in [0.4, 0.5) is 11.8 Å². The summed E-state index contributed by atoms with van der Waals surface area (Å²) in [5.41, 5.74) is 5.82. The molecule has 2 aromatic rings. The van der Waals surface area contributed by atoms with E-state index >= 15 is 0 Å². The molecule has 3 heterocycles. The Hall–Kier alpha value is -2.54. The van der Waals surface area contributed by atoms with Gasteiger partial charge in [-0.2, -0.15) is 10.1 Å². The minimum absolute atomic E-state index is 0.687. The summed E-state index contributed by atoms with van der Waals surface area (Å²) >= 11 is 0. The van der Waals surface area contributed by atoms with Gasteiger partial charge in [-0.15, -0.1) is 0 Å². The zero-order valence-electron chi connectivity index (χ0n) is 13.4. The molecule has 0 aromatic carbocycles. The van der Waals surface area contributed by atoms with Crippen molar-refractivity contribution < 1.29 is 4.74 Å². The maximum Gasteiger partial charge on any atom is 0.227 e. The van der Waals surface area contributed by atoms with E-state index in [-0.39, 0.29) is 0 Å². The number of nitrogens with zero attached hydrogens (tertiary/aromatic N) is 5. The van der Waals surface area contributed by atoms with Crippen LogP contribution in [0.15, 0.2) is 35.7 Å². The summed E-state index contributed by atoms with van der Waals surface area (Å²) in [7, 11) is 0. The summed E-state index contributed by atoms with van der Waals surface area (Å²) < 4.78 is 5.37. The van der Waals surface area contributed by atoms with Crippen molar-refractivity contribution in [1.29, 1.82) is 0 Å². The van der Waals surface area contributed by atoms with Gasteiger partial charge in [-0.25, -0.2) is 4.98 Å². The van der Waals surface area contributed by atoms with E-state index in [1.54, 1.807) is 12.4 Å². The Bertz CT molecular complexity index is 682. The number of anilines is 2. The minimum Gasteiger partial charge on any atom is -0.378 e. The first-order valence-corrected chi connectivity index (χ1v) is 7.61. The van der Waals surface area contributed by atoms with Crippen LogP contribution in [0, 0.1) is 6.92 Å². The molecular formula is C16H20N6O. The van der Waals surface area contributed by atoms with E-state index in [1.807, 2.05) is 32.0 Å². The number of ether oxygens (including phenoxy) is 1. The van der Waals surface area contributed by atoms with Crippen LogP contribution >= 0.6 is 0 Å². The molecule has 1 fully saturated rings. The number of aromatic nitrogens is 3. The van der Waals surface area contributed by atoms with Crippen LogP contribution in [-0.4, -0.2) is 47.0 Å². The number of rotatable bonds is 4. The Kier molecular flexibility index (Phi) is 4.77. The standard InChI is InChI=1S/C16H20N6O/c1-12-11-15(19-16(18-12)22-7-9-23-10-8-22)21-20-13(2)14-3-5-17-6-4-14/h3-6,11H,7-10H2,1-2H3,(H,18,19,21)/b20-13+. The van der Waals surface area contributed by atoms with Gasteiger partial charge in [0.2, 0.25) is 5.95 Å². The Morgan fingerprint density at radius 2 is 1.96 bits per heavy atom. The first-order chi connectivity index (χ1) is 11.2. The molecule has 7 heteroatoms. The normalized spacial score (nSPS) is 15.6. The van der Waals surface area contributed by atoms with Gasteiger partial charge in [0.25, 0.3) is 0 Å². The fourth-order valence-corrected chi connectivity index (χ4v) is 2.31. The smallest absolute Gasteiger partial charge is 0.227 e. The quantitative estimate of drug-likeness (QED) is 0.686. The molecule has 0 saturated carbocycles. The fourth-order valence-electron chi connectivity index (χ4n) is 2.31.